The molecule has 1 heterocycles. The summed E-state index contributed by atoms with van der Waals surface area (Å²) >= 11 is 7.60. The third-order valence-electron chi connectivity index (χ3n) is 3.69. The number of carbonyl (C=O) groups excluding carboxylic acids is 1. The highest BCUT2D eigenvalue weighted by Gasteiger charge is 2.14. The molecule has 2 aromatic carbocycles. The van der Waals surface area contributed by atoms with Crippen molar-refractivity contribution >= 4 is 34.5 Å². The van der Waals surface area contributed by atoms with Crippen molar-refractivity contribution in [2.24, 2.45) is 0 Å². The number of thiazole rings is 1. The van der Waals surface area contributed by atoms with Gasteiger partial charge in [-0.1, -0.05) is 17.7 Å². The Morgan fingerprint density at radius 2 is 2.00 bits per heavy atom. The molecule has 1 aromatic heterocycles. The van der Waals surface area contributed by atoms with E-state index in [2.05, 4.69) is 10.3 Å². The lowest BCUT2D eigenvalue weighted by Crippen LogP contribution is -2.13. The number of ether oxygens (including phenoxy) is 3. The quantitative estimate of drug-likeness (QED) is 0.621. The standard InChI is InChI=1S/C19H17ClN2O4S/c1-24-17-8-16(18(25-2)7-15(17)20)22-19(23)12-4-3-5-14(6-12)26-9-13-10-27-11-21-13/h3-8,10-11H,9H2,1-2H3,(H,22,23). The van der Waals surface area contributed by atoms with Gasteiger partial charge in [0.2, 0.25) is 0 Å². The van der Waals surface area contributed by atoms with Crippen molar-refractivity contribution in [2.45, 2.75) is 6.61 Å². The van der Waals surface area contributed by atoms with Crippen LogP contribution in [0.3, 0.4) is 0 Å². The Morgan fingerprint density at radius 3 is 2.70 bits per heavy atom. The summed E-state index contributed by atoms with van der Waals surface area (Å²) in [5, 5.41) is 5.11. The Kier molecular flexibility index (Phi) is 6.16. The van der Waals surface area contributed by atoms with Crippen LogP contribution in [0.5, 0.6) is 17.2 Å². The van der Waals surface area contributed by atoms with Gasteiger partial charge in [0.25, 0.3) is 5.91 Å². The molecule has 0 aliphatic heterocycles. The number of aromatic nitrogens is 1. The minimum absolute atomic E-state index is 0.309. The molecule has 8 heteroatoms. The summed E-state index contributed by atoms with van der Waals surface area (Å²) < 4.78 is 16.2. The molecule has 27 heavy (non-hydrogen) atoms. The number of anilines is 1. The van der Waals surface area contributed by atoms with E-state index in [0.29, 0.717) is 40.1 Å². The van der Waals surface area contributed by atoms with E-state index in [-0.39, 0.29) is 5.91 Å². The van der Waals surface area contributed by atoms with E-state index in [1.54, 1.807) is 41.9 Å². The predicted octanol–water partition coefficient (Wildman–Crippen LogP) is 4.65. The molecule has 3 rings (SSSR count). The molecule has 0 spiro atoms. The van der Waals surface area contributed by atoms with Gasteiger partial charge < -0.3 is 19.5 Å². The van der Waals surface area contributed by atoms with Crippen LogP contribution in [0.4, 0.5) is 5.69 Å². The summed E-state index contributed by atoms with van der Waals surface area (Å²) in [4.78, 5) is 16.8. The summed E-state index contributed by atoms with van der Waals surface area (Å²) in [5.74, 6) is 1.14. The molecule has 140 valence electrons. The Bertz CT molecular complexity index is 931. The molecular weight excluding hydrogens is 388 g/mol. The van der Waals surface area contributed by atoms with Gasteiger partial charge in [-0.2, -0.15) is 0 Å². The van der Waals surface area contributed by atoms with Gasteiger partial charge in [-0.05, 0) is 18.2 Å². The van der Waals surface area contributed by atoms with E-state index in [1.165, 1.54) is 25.6 Å². The zero-order valence-electron chi connectivity index (χ0n) is 14.7. The van der Waals surface area contributed by atoms with Crippen molar-refractivity contribution in [1.82, 2.24) is 4.98 Å². The Hall–Kier alpha value is -2.77. The van der Waals surface area contributed by atoms with Crippen LogP contribution >= 0.6 is 22.9 Å². The molecule has 0 bridgehead atoms. The monoisotopic (exact) mass is 404 g/mol. The molecule has 1 amide bonds. The lowest BCUT2D eigenvalue weighted by atomic mass is 10.2. The Balaban J connectivity index is 1.75. The van der Waals surface area contributed by atoms with Gasteiger partial charge in [0.15, 0.2) is 0 Å². The van der Waals surface area contributed by atoms with Crippen LogP contribution in [-0.2, 0) is 6.61 Å². The summed E-state index contributed by atoms with van der Waals surface area (Å²) in [6.07, 6.45) is 0. The molecule has 0 atom stereocenters. The van der Waals surface area contributed by atoms with Gasteiger partial charge in [-0.15, -0.1) is 11.3 Å². The first-order valence-electron chi connectivity index (χ1n) is 7.93. The first-order chi connectivity index (χ1) is 13.1. The smallest absolute Gasteiger partial charge is 0.255 e. The topological polar surface area (TPSA) is 69.7 Å². The minimum Gasteiger partial charge on any atom is -0.495 e. The fraction of sp³-hybridized carbons (Fsp3) is 0.158. The van der Waals surface area contributed by atoms with Crippen molar-refractivity contribution in [1.29, 1.82) is 0 Å². The second kappa shape index (κ2) is 8.75. The molecule has 1 N–H and O–H groups in total. The minimum atomic E-state index is -0.309. The molecule has 0 aliphatic rings. The highest BCUT2D eigenvalue weighted by molar-refractivity contribution is 7.07. The largest absolute Gasteiger partial charge is 0.495 e. The highest BCUT2D eigenvalue weighted by Crippen LogP contribution is 2.36. The SMILES string of the molecule is COc1cc(NC(=O)c2cccc(OCc3cscn3)c2)c(OC)cc1Cl. The van der Waals surface area contributed by atoms with Gasteiger partial charge in [0.1, 0.15) is 23.9 Å². The van der Waals surface area contributed by atoms with E-state index in [9.17, 15) is 4.79 Å². The maximum atomic E-state index is 12.6. The number of rotatable bonds is 7. The van der Waals surface area contributed by atoms with Crippen LogP contribution in [0, 0.1) is 0 Å². The number of nitrogens with zero attached hydrogens (tertiary/aromatic N) is 1. The highest BCUT2D eigenvalue weighted by atomic mass is 35.5. The Labute approximate surface area is 165 Å². The third-order valence-corrected chi connectivity index (χ3v) is 4.62. The molecule has 6 nitrogen and oxygen atoms in total. The number of nitrogens with one attached hydrogen (secondary N) is 1. The molecule has 3 aromatic rings. The fourth-order valence-electron chi connectivity index (χ4n) is 2.35. The van der Waals surface area contributed by atoms with Crippen LogP contribution in [-0.4, -0.2) is 25.1 Å². The van der Waals surface area contributed by atoms with Gasteiger partial charge in [-0.3, -0.25) is 4.79 Å². The van der Waals surface area contributed by atoms with Crippen molar-refractivity contribution in [3.8, 4) is 17.2 Å². The van der Waals surface area contributed by atoms with E-state index in [1.807, 2.05) is 5.38 Å². The first-order valence-corrected chi connectivity index (χ1v) is 9.25. The molecule has 0 fully saturated rings. The molecule has 0 saturated heterocycles. The lowest BCUT2D eigenvalue weighted by Gasteiger charge is -2.13. The number of amides is 1. The van der Waals surface area contributed by atoms with Gasteiger partial charge in [0.05, 0.1) is 36.1 Å². The second-order valence-corrected chi connectivity index (χ2v) is 6.56. The first kappa shape index (κ1) is 19.0. The lowest BCUT2D eigenvalue weighted by molar-refractivity contribution is 0.102. The second-order valence-electron chi connectivity index (χ2n) is 5.44. The third kappa shape index (κ3) is 4.69. The van der Waals surface area contributed by atoms with Crippen LogP contribution in [0.25, 0.3) is 0 Å². The van der Waals surface area contributed by atoms with Gasteiger partial charge in [0, 0.05) is 23.1 Å². The van der Waals surface area contributed by atoms with Gasteiger partial charge in [-0.25, -0.2) is 4.98 Å². The normalized spacial score (nSPS) is 10.3. The predicted molar refractivity (Wildman–Crippen MR) is 105 cm³/mol. The number of carbonyl (C=O) groups is 1. The van der Waals surface area contributed by atoms with E-state index in [4.69, 9.17) is 25.8 Å². The van der Waals surface area contributed by atoms with E-state index >= 15 is 0 Å². The number of benzene rings is 2. The summed E-state index contributed by atoms with van der Waals surface area (Å²) in [7, 11) is 3.00. The number of hydrogen-bond donors (Lipinski definition) is 1. The zero-order chi connectivity index (χ0) is 19.2. The molecule has 0 radical (unpaired) electrons. The van der Waals surface area contributed by atoms with Gasteiger partial charge >= 0.3 is 0 Å². The fourth-order valence-corrected chi connectivity index (χ4v) is 3.12. The van der Waals surface area contributed by atoms with Crippen LogP contribution < -0.4 is 19.5 Å². The molecule has 0 aliphatic carbocycles. The van der Waals surface area contributed by atoms with Crippen molar-refractivity contribution < 1.29 is 19.0 Å². The molecule has 0 unspecified atom stereocenters. The Morgan fingerprint density at radius 1 is 1.19 bits per heavy atom. The summed E-state index contributed by atoms with van der Waals surface area (Å²) in [6.45, 7) is 0.344. The number of hydrogen-bond acceptors (Lipinski definition) is 6. The van der Waals surface area contributed by atoms with Crippen molar-refractivity contribution in [3.05, 3.63) is 63.6 Å². The molecule has 0 saturated carbocycles. The van der Waals surface area contributed by atoms with E-state index < -0.39 is 0 Å². The average molecular weight is 405 g/mol. The maximum absolute atomic E-state index is 12.6. The van der Waals surface area contributed by atoms with Crippen molar-refractivity contribution in [3.63, 3.8) is 0 Å². The summed E-state index contributed by atoms with van der Waals surface area (Å²) in [6, 6.07) is 10.1. The average Bonchev–Trinajstić information content (AvgIpc) is 3.21. The maximum Gasteiger partial charge on any atom is 0.255 e. The van der Waals surface area contributed by atoms with E-state index in [0.717, 1.165) is 5.69 Å². The van der Waals surface area contributed by atoms with Crippen LogP contribution in [0.2, 0.25) is 5.02 Å². The summed E-state index contributed by atoms with van der Waals surface area (Å²) in [5.41, 5.74) is 3.49. The number of halogens is 1. The van der Waals surface area contributed by atoms with Crippen LogP contribution in [0.15, 0.2) is 47.3 Å². The van der Waals surface area contributed by atoms with Crippen molar-refractivity contribution in [2.75, 3.05) is 19.5 Å². The molecular formula is C19H17ClN2O4S. The van der Waals surface area contributed by atoms with Crippen LogP contribution in [0.1, 0.15) is 16.1 Å². The zero-order valence-corrected chi connectivity index (χ0v) is 16.3. The number of methoxy groups -OCH3 is 2.